The molecule has 0 atom stereocenters. The Kier molecular flexibility index (Phi) is 3.63. The molecular weight excluding hydrogens is 289 g/mol. The summed E-state index contributed by atoms with van der Waals surface area (Å²) in [5.74, 6) is 6.56. The summed E-state index contributed by atoms with van der Waals surface area (Å²) in [6, 6.07) is 1.69. The normalized spacial score (nSPS) is 14.1. The monoisotopic (exact) mass is 297 g/mol. The van der Waals surface area contributed by atoms with Gasteiger partial charge >= 0.3 is 0 Å². The highest BCUT2D eigenvalue weighted by atomic mass is 79.9. The van der Waals surface area contributed by atoms with Crippen molar-refractivity contribution in [1.29, 1.82) is 0 Å². The third-order valence-electron chi connectivity index (χ3n) is 2.22. The first-order chi connectivity index (χ1) is 7.70. The minimum atomic E-state index is -0.119. The van der Waals surface area contributed by atoms with E-state index in [2.05, 4.69) is 32.8 Å². The van der Waals surface area contributed by atoms with E-state index in [-0.39, 0.29) is 11.1 Å². The molecule has 1 saturated carbocycles. The highest BCUT2D eigenvalue weighted by molar-refractivity contribution is 9.09. The van der Waals surface area contributed by atoms with Gasteiger partial charge in [-0.05, 0) is 18.9 Å². The zero-order valence-electron chi connectivity index (χ0n) is 8.46. The van der Waals surface area contributed by atoms with Gasteiger partial charge in [-0.2, -0.15) is 0 Å². The second-order valence-corrected chi connectivity index (χ2v) is 4.62. The number of hydrogen-bond donors (Lipinski definition) is 0. The third-order valence-corrected chi connectivity index (χ3v) is 3.02. The number of pyridine rings is 1. The van der Waals surface area contributed by atoms with E-state index in [9.17, 15) is 4.79 Å². The Morgan fingerprint density at radius 1 is 1.62 bits per heavy atom. The van der Waals surface area contributed by atoms with Gasteiger partial charge in [0.1, 0.15) is 5.69 Å². The lowest BCUT2D eigenvalue weighted by molar-refractivity contribution is 0.101. The first-order valence-corrected chi connectivity index (χ1v) is 6.47. The molecule has 2 rings (SSSR count). The van der Waals surface area contributed by atoms with Crippen LogP contribution in [0.15, 0.2) is 12.3 Å². The van der Waals surface area contributed by atoms with E-state index in [0.717, 1.165) is 5.56 Å². The van der Waals surface area contributed by atoms with Crippen LogP contribution in [0.25, 0.3) is 0 Å². The maximum Gasteiger partial charge on any atom is 0.193 e. The van der Waals surface area contributed by atoms with Gasteiger partial charge < -0.3 is 0 Å². The van der Waals surface area contributed by atoms with Crippen molar-refractivity contribution >= 4 is 33.3 Å². The summed E-state index contributed by atoms with van der Waals surface area (Å²) >= 11 is 9.05. The molecule has 0 aromatic carbocycles. The van der Waals surface area contributed by atoms with Crippen LogP contribution in [0.5, 0.6) is 0 Å². The van der Waals surface area contributed by atoms with E-state index in [1.54, 1.807) is 12.3 Å². The van der Waals surface area contributed by atoms with Crippen LogP contribution in [0.1, 0.15) is 28.9 Å². The molecule has 4 heteroatoms. The maximum absolute atomic E-state index is 11.4. The van der Waals surface area contributed by atoms with Crippen LogP contribution >= 0.6 is 27.5 Å². The number of ketones is 1. The molecule has 1 aliphatic rings. The predicted molar refractivity (Wildman–Crippen MR) is 67.0 cm³/mol. The van der Waals surface area contributed by atoms with Crippen LogP contribution in [0.3, 0.4) is 0 Å². The molecule has 0 aliphatic heterocycles. The van der Waals surface area contributed by atoms with Gasteiger partial charge in [0.15, 0.2) is 5.78 Å². The first kappa shape index (κ1) is 11.6. The van der Waals surface area contributed by atoms with E-state index in [0.29, 0.717) is 16.6 Å². The van der Waals surface area contributed by atoms with Gasteiger partial charge in [0, 0.05) is 17.7 Å². The maximum atomic E-state index is 11.4. The molecule has 0 unspecified atom stereocenters. The summed E-state index contributed by atoms with van der Waals surface area (Å²) in [5, 5.41) is 0.597. The molecule has 0 spiro atoms. The fraction of sp³-hybridized carbons (Fsp3) is 0.333. The highest BCUT2D eigenvalue weighted by Gasteiger charge is 2.17. The molecule has 0 bridgehead atoms. The van der Waals surface area contributed by atoms with Crippen LogP contribution in [0.2, 0.25) is 5.02 Å². The van der Waals surface area contributed by atoms with E-state index in [1.165, 1.54) is 12.8 Å². The lowest BCUT2D eigenvalue weighted by Crippen LogP contribution is -2.04. The Morgan fingerprint density at radius 3 is 2.94 bits per heavy atom. The number of rotatable bonds is 2. The molecule has 2 nitrogen and oxygen atoms in total. The van der Waals surface area contributed by atoms with Gasteiger partial charge in [-0.15, -0.1) is 0 Å². The van der Waals surface area contributed by atoms with Crippen molar-refractivity contribution in [3.05, 3.63) is 28.5 Å². The summed E-state index contributed by atoms with van der Waals surface area (Å²) in [5.41, 5.74) is 1.07. The summed E-state index contributed by atoms with van der Waals surface area (Å²) < 4.78 is 0. The molecule has 0 saturated heterocycles. The number of Topliss-reactive ketones (excluding diaryl/α,β-unsaturated/α-hetero) is 1. The predicted octanol–water partition coefficient (Wildman–Crippen LogP) is 3.07. The fourth-order valence-corrected chi connectivity index (χ4v) is 1.73. The van der Waals surface area contributed by atoms with Crippen molar-refractivity contribution in [1.82, 2.24) is 4.98 Å². The quantitative estimate of drug-likeness (QED) is 0.477. The smallest absolute Gasteiger partial charge is 0.193 e. The molecule has 0 N–H and O–H groups in total. The number of alkyl halides is 1. The largest absolute Gasteiger partial charge is 0.291 e. The van der Waals surface area contributed by atoms with E-state index in [1.807, 2.05) is 0 Å². The van der Waals surface area contributed by atoms with E-state index < -0.39 is 0 Å². The number of aromatic nitrogens is 1. The van der Waals surface area contributed by atoms with Gasteiger partial charge in [0.05, 0.1) is 10.4 Å². The second-order valence-electron chi connectivity index (χ2n) is 3.65. The summed E-state index contributed by atoms with van der Waals surface area (Å²) in [6.07, 6.45) is 3.97. The molecule has 16 heavy (non-hydrogen) atoms. The molecule has 1 aliphatic carbocycles. The Morgan fingerprint density at radius 2 is 2.38 bits per heavy atom. The van der Waals surface area contributed by atoms with Gasteiger partial charge in [-0.3, -0.25) is 9.78 Å². The fourth-order valence-electron chi connectivity index (χ4n) is 1.19. The lowest BCUT2D eigenvalue weighted by Gasteiger charge is -1.99. The Hall–Kier alpha value is -0.850. The van der Waals surface area contributed by atoms with Crippen molar-refractivity contribution in [3.63, 3.8) is 0 Å². The molecule has 1 fully saturated rings. The number of hydrogen-bond acceptors (Lipinski definition) is 2. The Balaban J connectivity index is 2.22. The molecule has 0 amide bonds. The average molecular weight is 299 g/mol. The Labute approximate surface area is 108 Å². The summed E-state index contributed by atoms with van der Waals surface area (Å²) in [4.78, 5) is 15.4. The van der Waals surface area contributed by atoms with Crippen LogP contribution in [0.4, 0.5) is 0 Å². The van der Waals surface area contributed by atoms with Crippen molar-refractivity contribution in [3.8, 4) is 11.8 Å². The number of carbonyl (C=O) groups excluding carboxylic acids is 1. The minimum Gasteiger partial charge on any atom is -0.291 e. The molecule has 1 heterocycles. The van der Waals surface area contributed by atoms with Gasteiger partial charge in [-0.25, -0.2) is 0 Å². The van der Waals surface area contributed by atoms with E-state index in [4.69, 9.17) is 11.6 Å². The SMILES string of the molecule is O=C(CBr)c1ncc(C#CC2CC2)cc1Cl. The average Bonchev–Trinajstić information content (AvgIpc) is 3.09. The van der Waals surface area contributed by atoms with Crippen molar-refractivity contribution in [2.45, 2.75) is 12.8 Å². The number of carbonyl (C=O) groups is 1. The number of halogens is 2. The zero-order valence-corrected chi connectivity index (χ0v) is 10.8. The highest BCUT2D eigenvalue weighted by Crippen LogP contribution is 2.27. The first-order valence-electron chi connectivity index (χ1n) is 4.97. The molecular formula is C12H9BrClNO. The topological polar surface area (TPSA) is 30.0 Å². The summed E-state index contributed by atoms with van der Waals surface area (Å²) in [7, 11) is 0. The molecule has 1 aromatic rings. The zero-order chi connectivity index (χ0) is 11.5. The Bertz CT molecular complexity index is 486. The molecule has 82 valence electrons. The molecule has 1 aromatic heterocycles. The van der Waals surface area contributed by atoms with Crippen LogP contribution in [-0.4, -0.2) is 16.1 Å². The second kappa shape index (κ2) is 4.99. The minimum absolute atomic E-state index is 0.119. The molecule has 0 radical (unpaired) electrons. The van der Waals surface area contributed by atoms with Gasteiger partial charge in [-0.1, -0.05) is 39.4 Å². The standard InChI is InChI=1S/C12H9BrClNO/c13-6-11(16)12-10(14)5-9(7-15-12)4-3-8-1-2-8/h5,7-8H,1-2,6H2. The van der Waals surface area contributed by atoms with Crippen LogP contribution in [-0.2, 0) is 0 Å². The third kappa shape index (κ3) is 2.84. The van der Waals surface area contributed by atoms with Crippen molar-refractivity contribution in [2.75, 3.05) is 5.33 Å². The van der Waals surface area contributed by atoms with Crippen LogP contribution in [0, 0.1) is 17.8 Å². The number of nitrogens with zero attached hydrogens (tertiary/aromatic N) is 1. The summed E-state index contributed by atoms with van der Waals surface area (Å²) in [6.45, 7) is 0. The van der Waals surface area contributed by atoms with Crippen molar-refractivity contribution < 1.29 is 4.79 Å². The van der Waals surface area contributed by atoms with Gasteiger partial charge in [0.2, 0.25) is 0 Å². The van der Waals surface area contributed by atoms with E-state index >= 15 is 0 Å². The van der Waals surface area contributed by atoms with Gasteiger partial charge in [0.25, 0.3) is 0 Å². The van der Waals surface area contributed by atoms with Crippen LogP contribution < -0.4 is 0 Å². The van der Waals surface area contributed by atoms with Crippen molar-refractivity contribution in [2.24, 2.45) is 5.92 Å². The lowest BCUT2D eigenvalue weighted by atomic mass is 10.2.